The average molecular weight is 355 g/mol. The Morgan fingerprint density at radius 1 is 1.04 bits per heavy atom. The summed E-state index contributed by atoms with van der Waals surface area (Å²) in [6, 6.07) is 11.6. The van der Waals surface area contributed by atoms with Crippen molar-refractivity contribution in [2.75, 3.05) is 12.4 Å². The number of alkyl halides is 3. The van der Waals surface area contributed by atoms with E-state index in [9.17, 15) is 18.0 Å². The van der Waals surface area contributed by atoms with E-state index in [2.05, 4.69) is 10.1 Å². The van der Waals surface area contributed by atoms with Crippen molar-refractivity contribution >= 4 is 11.6 Å². The van der Waals surface area contributed by atoms with Crippen LogP contribution in [-0.4, -0.2) is 25.5 Å². The van der Waals surface area contributed by atoms with Crippen LogP contribution in [0.15, 0.2) is 48.5 Å². The zero-order valence-electron chi connectivity index (χ0n) is 13.5. The number of hydrogen-bond donors (Lipinski definition) is 1. The number of benzene rings is 2. The highest BCUT2D eigenvalue weighted by Crippen LogP contribution is 2.24. The first-order valence-corrected chi connectivity index (χ1v) is 7.24. The molecule has 0 bridgehead atoms. The highest BCUT2D eigenvalue weighted by Gasteiger charge is 2.31. The molecule has 1 atom stereocenters. The van der Waals surface area contributed by atoms with Crippen molar-refractivity contribution in [3.8, 4) is 17.2 Å². The van der Waals surface area contributed by atoms with Gasteiger partial charge >= 0.3 is 6.36 Å². The number of anilines is 1. The van der Waals surface area contributed by atoms with Gasteiger partial charge in [0, 0.05) is 11.8 Å². The van der Waals surface area contributed by atoms with Gasteiger partial charge in [-0.05, 0) is 43.3 Å². The van der Waals surface area contributed by atoms with Crippen LogP contribution in [-0.2, 0) is 4.79 Å². The van der Waals surface area contributed by atoms with Crippen molar-refractivity contribution in [1.82, 2.24) is 0 Å². The van der Waals surface area contributed by atoms with Crippen molar-refractivity contribution in [2.24, 2.45) is 0 Å². The minimum absolute atomic E-state index is 0.320. The number of ether oxygens (including phenoxy) is 3. The van der Waals surface area contributed by atoms with Crippen molar-refractivity contribution in [2.45, 2.75) is 19.4 Å². The molecule has 0 spiro atoms. The van der Waals surface area contributed by atoms with E-state index < -0.39 is 18.4 Å². The summed E-state index contributed by atoms with van der Waals surface area (Å²) in [5, 5.41) is 2.55. The van der Waals surface area contributed by atoms with Crippen LogP contribution in [0.2, 0.25) is 0 Å². The zero-order valence-corrected chi connectivity index (χ0v) is 13.5. The fourth-order valence-corrected chi connectivity index (χ4v) is 1.92. The third kappa shape index (κ3) is 5.91. The SMILES string of the molecule is COc1cccc(O[C@@H](C)C(=O)Nc2ccc(OC(F)(F)F)cc2)c1. The molecule has 1 N–H and O–H groups in total. The Balaban J connectivity index is 1.94. The van der Waals surface area contributed by atoms with Crippen LogP contribution in [0.5, 0.6) is 17.2 Å². The molecule has 0 heterocycles. The molecule has 0 saturated carbocycles. The van der Waals surface area contributed by atoms with E-state index >= 15 is 0 Å². The summed E-state index contributed by atoms with van der Waals surface area (Å²) in [6.07, 6.45) is -5.58. The Morgan fingerprint density at radius 2 is 1.68 bits per heavy atom. The predicted molar refractivity (Wildman–Crippen MR) is 84.8 cm³/mol. The van der Waals surface area contributed by atoms with Gasteiger partial charge in [0.2, 0.25) is 0 Å². The van der Waals surface area contributed by atoms with Crippen LogP contribution in [0.4, 0.5) is 18.9 Å². The van der Waals surface area contributed by atoms with Crippen molar-refractivity contribution in [3.63, 3.8) is 0 Å². The zero-order chi connectivity index (χ0) is 18.4. The van der Waals surface area contributed by atoms with Crippen molar-refractivity contribution in [1.29, 1.82) is 0 Å². The second kappa shape index (κ2) is 7.78. The lowest BCUT2D eigenvalue weighted by Crippen LogP contribution is -2.30. The van der Waals surface area contributed by atoms with Gasteiger partial charge in [-0.3, -0.25) is 4.79 Å². The molecular formula is C17H16F3NO4. The van der Waals surface area contributed by atoms with Gasteiger partial charge in [0.1, 0.15) is 17.2 Å². The maximum atomic E-state index is 12.1. The van der Waals surface area contributed by atoms with Crippen molar-refractivity contribution < 1.29 is 32.2 Å². The molecule has 1 amide bonds. The molecule has 2 aromatic carbocycles. The van der Waals surface area contributed by atoms with Gasteiger partial charge in [-0.1, -0.05) is 6.07 Å². The molecule has 0 aliphatic carbocycles. The highest BCUT2D eigenvalue weighted by molar-refractivity contribution is 5.94. The molecule has 0 radical (unpaired) electrons. The van der Waals surface area contributed by atoms with Crippen LogP contribution in [0.1, 0.15) is 6.92 Å². The van der Waals surface area contributed by atoms with Crippen LogP contribution < -0.4 is 19.5 Å². The lowest BCUT2D eigenvalue weighted by Gasteiger charge is -2.15. The number of halogens is 3. The molecule has 0 aromatic heterocycles. The van der Waals surface area contributed by atoms with Crippen LogP contribution in [0, 0.1) is 0 Å². The third-order valence-corrected chi connectivity index (χ3v) is 3.08. The molecule has 2 aromatic rings. The standard InChI is InChI=1S/C17H16F3NO4/c1-11(24-15-5-3-4-14(10-15)23-2)16(22)21-12-6-8-13(9-7-12)25-17(18,19)20/h3-11H,1-2H3,(H,21,22)/t11-/m0/s1. The summed E-state index contributed by atoms with van der Waals surface area (Å²) in [4.78, 5) is 12.1. The van der Waals surface area contributed by atoms with E-state index in [0.717, 1.165) is 12.1 Å². The number of rotatable bonds is 6. The Hall–Kier alpha value is -2.90. The summed E-state index contributed by atoms with van der Waals surface area (Å²) < 4.78 is 50.6. The maximum Gasteiger partial charge on any atom is 0.573 e. The molecule has 0 aliphatic rings. The Labute approximate surface area is 142 Å². The van der Waals surface area contributed by atoms with Gasteiger partial charge in [0.15, 0.2) is 6.10 Å². The molecule has 2 rings (SSSR count). The van der Waals surface area contributed by atoms with E-state index in [1.54, 1.807) is 31.2 Å². The molecule has 0 saturated heterocycles. The Bertz CT molecular complexity index is 717. The summed E-state index contributed by atoms with van der Waals surface area (Å²) in [6.45, 7) is 1.55. The molecule has 134 valence electrons. The molecule has 0 aliphatic heterocycles. The number of methoxy groups -OCH3 is 1. The normalized spacial score (nSPS) is 12.2. The monoisotopic (exact) mass is 355 g/mol. The Morgan fingerprint density at radius 3 is 2.28 bits per heavy atom. The first-order valence-electron chi connectivity index (χ1n) is 7.24. The van der Waals surface area contributed by atoms with Gasteiger partial charge in [0.25, 0.3) is 5.91 Å². The third-order valence-electron chi connectivity index (χ3n) is 3.08. The summed E-state index contributed by atoms with van der Waals surface area (Å²) in [5.41, 5.74) is 0.320. The topological polar surface area (TPSA) is 56.8 Å². The lowest BCUT2D eigenvalue weighted by atomic mass is 10.2. The second-order valence-corrected chi connectivity index (χ2v) is 5.00. The molecule has 0 fully saturated rings. The molecule has 5 nitrogen and oxygen atoms in total. The first-order chi connectivity index (χ1) is 11.8. The quantitative estimate of drug-likeness (QED) is 0.851. The molecule has 25 heavy (non-hydrogen) atoms. The van der Waals surface area contributed by atoms with E-state index in [1.165, 1.54) is 19.2 Å². The van der Waals surface area contributed by atoms with E-state index in [0.29, 0.717) is 17.2 Å². The summed E-state index contributed by atoms with van der Waals surface area (Å²) >= 11 is 0. The largest absolute Gasteiger partial charge is 0.573 e. The summed E-state index contributed by atoms with van der Waals surface area (Å²) in [5.74, 6) is 0.222. The number of carbonyl (C=O) groups is 1. The van der Waals surface area contributed by atoms with Gasteiger partial charge in [-0.25, -0.2) is 0 Å². The summed E-state index contributed by atoms with van der Waals surface area (Å²) in [7, 11) is 1.52. The molecule has 8 heteroatoms. The van der Waals surface area contributed by atoms with Crippen LogP contribution in [0.25, 0.3) is 0 Å². The number of carbonyl (C=O) groups excluding carboxylic acids is 1. The highest BCUT2D eigenvalue weighted by atomic mass is 19.4. The Kier molecular flexibility index (Phi) is 5.74. The van der Waals surface area contributed by atoms with E-state index in [4.69, 9.17) is 9.47 Å². The second-order valence-electron chi connectivity index (χ2n) is 5.00. The smallest absolute Gasteiger partial charge is 0.497 e. The lowest BCUT2D eigenvalue weighted by molar-refractivity contribution is -0.274. The van der Waals surface area contributed by atoms with Gasteiger partial charge in [-0.2, -0.15) is 0 Å². The van der Waals surface area contributed by atoms with Crippen LogP contribution >= 0.6 is 0 Å². The first kappa shape index (κ1) is 18.4. The number of nitrogens with one attached hydrogen (secondary N) is 1. The van der Waals surface area contributed by atoms with Gasteiger partial charge in [0.05, 0.1) is 7.11 Å². The predicted octanol–water partition coefficient (Wildman–Crippen LogP) is 4.00. The van der Waals surface area contributed by atoms with Crippen molar-refractivity contribution in [3.05, 3.63) is 48.5 Å². The number of hydrogen-bond acceptors (Lipinski definition) is 4. The van der Waals surface area contributed by atoms with E-state index in [-0.39, 0.29) is 5.75 Å². The number of amides is 1. The van der Waals surface area contributed by atoms with Crippen LogP contribution in [0.3, 0.4) is 0 Å². The molecular weight excluding hydrogens is 339 g/mol. The fraction of sp³-hybridized carbons (Fsp3) is 0.235. The molecule has 0 unspecified atom stereocenters. The van der Waals surface area contributed by atoms with Gasteiger partial charge in [-0.15, -0.1) is 13.2 Å². The van der Waals surface area contributed by atoms with E-state index in [1.807, 2.05) is 0 Å². The van der Waals surface area contributed by atoms with Gasteiger partial charge < -0.3 is 19.5 Å². The fourth-order valence-electron chi connectivity index (χ4n) is 1.92. The maximum absolute atomic E-state index is 12.1. The minimum Gasteiger partial charge on any atom is -0.497 e. The minimum atomic E-state index is -4.76. The average Bonchev–Trinajstić information content (AvgIpc) is 2.55.